The number of carbonyl (C=O) groups excluding carboxylic acids is 1. The number of amides is 1. The first-order valence-electron chi connectivity index (χ1n) is 8.72. The van der Waals surface area contributed by atoms with Crippen LogP contribution in [-0.4, -0.2) is 46.1 Å². The maximum Gasteiger partial charge on any atom is 0.249 e. The van der Waals surface area contributed by atoms with Gasteiger partial charge in [-0.2, -0.15) is 0 Å². The molecular formula is C18H22N4O2S. The Hall–Kier alpha value is -1.83. The van der Waals surface area contributed by atoms with Crippen molar-refractivity contribution in [1.29, 1.82) is 0 Å². The summed E-state index contributed by atoms with van der Waals surface area (Å²) in [6.07, 6.45) is 5.31. The van der Waals surface area contributed by atoms with E-state index in [-0.39, 0.29) is 18.1 Å². The van der Waals surface area contributed by atoms with Crippen LogP contribution in [0.2, 0.25) is 0 Å². The van der Waals surface area contributed by atoms with Crippen LogP contribution >= 0.6 is 11.3 Å². The van der Waals surface area contributed by atoms with Crippen LogP contribution in [0.1, 0.15) is 23.5 Å². The summed E-state index contributed by atoms with van der Waals surface area (Å²) in [4.78, 5) is 23.4. The van der Waals surface area contributed by atoms with E-state index in [4.69, 9.17) is 4.74 Å². The highest BCUT2D eigenvalue weighted by molar-refractivity contribution is 7.09. The Morgan fingerprint density at radius 1 is 1.36 bits per heavy atom. The number of nitrogens with one attached hydrogen (secondary N) is 1. The monoisotopic (exact) mass is 358 g/mol. The van der Waals surface area contributed by atoms with Gasteiger partial charge in [0.15, 0.2) is 0 Å². The van der Waals surface area contributed by atoms with Crippen LogP contribution in [0.5, 0.6) is 0 Å². The molecule has 2 aromatic rings. The van der Waals surface area contributed by atoms with E-state index in [1.807, 2.05) is 29.8 Å². The standard InChI is InChI=1S/C18H22N4O2S/c23-18(21-10-14-3-1-2-5-19-14)15-9-13-4-7-22(11-16(13)24-15)12-17-20-6-8-25-17/h1-3,5-6,8,13,15-16H,4,7,9-12H2,(H,21,23)/t13-,15+,16-/m0/s1. The summed E-state index contributed by atoms with van der Waals surface area (Å²) in [6.45, 7) is 3.26. The SMILES string of the molecule is O=C(NCc1ccccn1)[C@H]1C[C@@H]2CCN(Cc3nccs3)C[C@@H]2O1. The van der Waals surface area contributed by atoms with Crippen LogP contribution < -0.4 is 5.32 Å². The number of aromatic nitrogens is 2. The fourth-order valence-electron chi connectivity index (χ4n) is 3.62. The lowest BCUT2D eigenvalue weighted by Gasteiger charge is -2.33. The molecule has 6 nitrogen and oxygen atoms in total. The van der Waals surface area contributed by atoms with Crippen molar-refractivity contribution in [1.82, 2.24) is 20.2 Å². The Balaban J connectivity index is 1.28. The highest BCUT2D eigenvalue weighted by Crippen LogP contribution is 2.33. The van der Waals surface area contributed by atoms with Crippen LogP contribution in [0.3, 0.4) is 0 Å². The van der Waals surface area contributed by atoms with Crippen LogP contribution in [0.4, 0.5) is 0 Å². The van der Waals surface area contributed by atoms with E-state index in [0.29, 0.717) is 12.5 Å². The van der Waals surface area contributed by atoms with E-state index in [9.17, 15) is 4.79 Å². The molecule has 0 radical (unpaired) electrons. The number of piperidine rings is 1. The average molecular weight is 358 g/mol. The molecule has 2 aromatic heterocycles. The van der Waals surface area contributed by atoms with E-state index < -0.39 is 0 Å². The first kappa shape index (κ1) is 16.6. The van der Waals surface area contributed by atoms with Crippen molar-refractivity contribution in [2.75, 3.05) is 13.1 Å². The van der Waals surface area contributed by atoms with Gasteiger partial charge in [-0.05, 0) is 37.4 Å². The summed E-state index contributed by atoms with van der Waals surface area (Å²) in [5.41, 5.74) is 0.862. The van der Waals surface area contributed by atoms with Gasteiger partial charge in [0.2, 0.25) is 5.91 Å². The molecule has 1 N–H and O–H groups in total. The Labute approximate surface area is 151 Å². The molecule has 0 spiro atoms. The van der Waals surface area contributed by atoms with Crippen molar-refractivity contribution < 1.29 is 9.53 Å². The molecule has 2 aliphatic rings. The summed E-state index contributed by atoms with van der Waals surface area (Å²) in [6, 6.07) is 5.70. The van der Waals surface area contributed by atoms with E-state index in [0.717, 1.165) is 43.2 Å². The Bertz CT molecular complexity index is 694. The quantitative estimate of drug-likeness (QED) is 0.883. The van der Waals surface area contributed by atoms with Crippen molar-refractivity contribution >= 4 is 17.2 Å². The summed E-state index contributed by atoms with van der Waals surface area (Å²) >= 11 is 1.69. The molecule has 0 bridgehead atoms. The van der Waals surface area contributed by atoms with Gasteiger partial charge >= 0.3 is 0 Å². The maximum atomic E-state index is 12.4. The zero-order valence-electron chi connectivity index (χ0n) is 14.0. The highest BCUT2D eigenvalue weighted by atomic mass is 32.1. The molecule has 7 heteroatoms. The van der Waals surface area contributed by atoms with E-state index in [1.165, 1.54) is 0 Å². The van der Waals surface area contributed by atoms with Gasteiger partial charge < -0.3 is 10.1 Å². The normalized spacial score (nSPS) is 26.3. The van der Waals surface area contributed by atoms with Crippen molar-refractivity contribution in [2.24, 2.45) is 5.92 Å². The highest BCUT2D eigenvalue weighted by Gasteiger charge is 2.41. The molecule has 2 aliphatic heterocycles. The predicted octanol–water partition coefficient (Wildman–Crippen LogP) is 1.83. The lowest BCUT2D eigenvalue weighted by molar-refractivity contribution is -0.133. The zero-order valence-corrected chi connectivity index (χ0v) is 14.8. The largest absolute Gasteiger partial charge is 0.364 e. The zero-order chi connectivity index (χ0) is 17.1. The van der Waals surface area contributed by atoms with E-state index >= 15 is 0 Å². The second-order valence-corrected chi connectivity index (χ2v) is 7.63. The lowest BCUT2D eigenvalue weighted by atomic mass is 9.91. The molecule has 0 aliphatic carbocycles. The second kappa shape index (κ2) is 7.59. The lowest BCUT2D eigenvalue weighted by Crippen LogP contribution is -2.42. The Morgan fingerprint density at radius 3 is 3.12 bits per heavy atom. The van der Waals surface area contributed by atoms with Crippen LogP contribution in [0.15, 0.2) is 36.0 Å². The van der Waals surface area contributed by atoms with E-state index in [2.05, 4.69) is 20.2 Å². The van der Waals surface area contributed by atoms with Crippen molar-refractivity contribution in [3.05, 3.63) is 46.7 Å². The van der Waals surface area contributed by atoms with Gasteiger partial charge in [-0.15, -0.1) is 11.3 Å². The van der Waals surface area contributed by atoms with Gasteiger partial charge in [0.1, 0.15) is 11.1 Å². The molecule has 3 atom stereocenters. The molecule has 2 fully saturated rings. The van der Waals surface area contributed by atoms with Gasteiger partial charge in [-0.1, -0.05) is 6.07 Å². The predicted molar refractivity (Wildman–Crippen MR) is 94.9 cm³/mol. The fraction of sp³-hybridized carbons (Fsp3) is 0.500. The van der Waals surface area contributed by atoms with Gasteiger partial charge in [0, 0.05) is 24.3 Å². The topological polar surface area (TPSA) is 67.4 Å². The fourth-order valence-corrected chi connectivity index (χ4v) is 4.28. The number of hydrogen-bond donors (Lipinski definition) is 1. The number of ether oxygens (including phenoxy) is 1. The molecule has 4 rings (SSSR count). The molecule has 1 amide bonds. The third-order valence-corrected chi connectivity index (χ3v) is 5.70. The molecule has 0 saturated carbocycles. The Morgan fingerprint density at radius 2 is 2.32 bits per heavy atom. The minimum absolute atomic E-state index is 0.0217. The van der Waals surface area contributed by atoms with Crippen molar-refractivity contribution in [3.63, 3.8) is 0 Å². The number of hydrogen-bond acceptors (Lipinski definition) is 6. The molecule has 0 unspecified atom stereocenters. The second-order valence-electron chi connectivity index (χ2n) is 6.65. The van der Waals surface area contributed by atoms with Crippen LogP contribution in [-0.2, 0) is 22.6 Å². The summed E-state index contributed by atoms with van der Waals surface area (Å²) < 4.78 is 6.07. The number of carbonyl (C=O) groups is 1. The number of fused-ring (bicyclic) bond motifs is 1. The van der Waals surface area contributed by atoms with Gasteiger partial charge in [0.25, 0.3) is 0 Å². The smallest absolute Gasteiger partial charge is 0.249 e. The molecule has 4 heterocycles. The average Bonchev–Trinajstić information content (AvgIpc) is 3.30. The first-order valence-corrected chi connectivity index (χ1v) is 9.59. The van der Waals surface area contributed by atoms with Gasteiger partial charge in [0.05, 0.1) is 24.9 Å². The van der Waals surface area contributed by atoms with Crippen LogP contribution in [0.25, 0.3) is 0 Å². The molecule has 2 saturated heterocycles. The Kier molecular flexibility index (Phi) is 5.05. The summed E-state index contributed by atoms with van der Waals surface area (Å²) in [5.74, 6) is 0.463. The number of rotatable bonds is 5. The molecule has 132 valence electrons. The first-order chi connectivity index (χ1) is 12.3. The van der Waals surface area contributed by atoms with Crippen molar-refractivity contribution in [3.8, 4) is 0 Å². The number of thiazole rings is 1. The van der Waals surface area contributed by atoms with Gasteiger partial charge in [-0.3, -0.25) is 14.7 Å². The molecule has 0 aromatic carbocycles. The van der Waals surface area contributed by atoms with Crippen LogP contribution in [0, 0.1) is 5.92 Å². The third kappa shape index (κ3) is 4.05. The van der Waals surface area contributed by atoms with E-state index in [1.54, 1.807) is 17.5 Å². The number of nitrogens with zero attached hydrogens (tertiary/aromatic N) is 3. The maximum absolute atomic E-state index is 12.4. The minimum atomic E-state index is -0.335. The van der Waals surface area contributed by atoms with Crippen molar-refractivity contribution in [2.45, 2.75) is 38.1 Å². The summed E-state index contributed by atoms with van der Waals surface area (Å²) in [5, 5.41) is 6.10. The molecular weight excluding hydrogens is 336 g/mol. The summed E-state index contributed by atoms with van der Waals surface area (Å²) in [7, 11) is 0. The molecule has 25 heavy (non-hydrogen) atoms. The number of pyridine rings is 1. The third-order valence-electron chi connectivity index (χ3n) is 4.94. The van der Waals surface area contributed by atoms with Gasteiger partial charge in [-0.25, -0.2) is 4.98 Å². The number of likely N-dealkylation sites (tertiary alicyclic amines) is 1. The minimum Gasteiger partial charge on any atom is -0.364 e.